The summed E-state index contributed by atoms with van der Waals surface area (Å²) in [7, 11) is 0. The minimum atomic E-state index is -0.631. The molecule has 0 aliphatic carbocycles. The fourth-order valence-corrected chi connectivity index (χ4v) is 3.86. The average molecular weight is 317 g/mol. The number of nitrogens with zero attached hydrogens (tertiary/aromatic N) is 1. The van der Waals surface area contributed by atoms with Crippen LogP contribution in [0.1, 0.15) is 16.7 Å². The van der Waals surface area contributed by atoms with Crippen LogP contribution in [-0.2, 0) is 9.77 Å². The molecule has 0 radical (unpaired) electrons. The molecule has 4 rings (SSSR count). The molecular weight excluding hydrogens is 302 g/mol. The van der Waals surface area contributed by atoms with Crippen LogP contribution in [0.15, 0.2) is 96.2 Å². The van der Waals surface area contributed by atoms with Crippen LogP contribution in [0.5, 0.6) is 0 Å². The molecule has 0 bridgehead atoms. The van der Waals surface area contributed by atoms with Gasteiger partial charge in [-0.1, -0.05) is 96.2 Å². The highest BCUT2D eigenvalue weighted by molar-refractivity contribution is 8.15. The molecule has 0 atom stereocenters. The van der Waals surface area contributed by atoms with Gasteiger partial charge in [0.2, 0.25) is 4.93 Å². The second-order valence-electron chi connectivity index (χ2n) is 5.30. The second-order valence-corrected chi connectivity index (χ2v) is 6.47. The van der Waals surface area contributed by atoms with Crippen molar-refractivity contribution in [3.05, 3.63) is 108 Å². The molecule has 23 heavy (non-hydrogen) atoms. The summed E-state index contributed by atoms with van der Waals surface area (Å²) >= 11 is 1.65. The monoisotopic (exact) mass is 317 g/mol. The Morgan fingerprint density at radius 1 is 0.652 bits per heavy atom. The number of hydrogen-bond acceptors (Lipinski definition) is 3. The van der Waals surface area contributed by atoms with Gasteiger partial charge in [-0.15, -0.1) is 0 Å². The van der Waals surface area contributed by atoms with Crippen LogP contribution in [-0.4, -0.2) is 5.04 Å². The summed E-state index contributed by atoms with van der Waals surface area (Å²) in [4.78, 5) is 5.40. The summed E-state index contributed by atoms with van der Waals surface area (Å²) in [6, 6.07) is 30.7. The highest BCUT2D eigenvalue weighted by Gasteiger charge is 2.44. The Morgan fingerprint density at radius 2 is 1.13 bits per heavy atom. The Kier molecular flexibility index (Phi) is 3.64. The van der Waals surface area contributed by atoms with Crippen molar-refractivity contribution < 1.29 is 4.84 Å². The van der Waals surface area contributed by atoms with E-state index in [0.717, 1.165) is 21.7 Å². The van der Waals surface area contributed by atoms with Crippen molar-refractivity contribution in [3.8, 4) is 0 Å². The zero-order valence-electron chi connectivity index (χ0n) is 12.4. The molecule has 3 heteroatoms. The minimum Gasteiger partial charge on any atom is -0.367 e. The fourth-order valence-electron chi connectivity index (χ4n) is 2.68. The van der Waals surface area contributed by atoms with E-state index in [9.17, 15) is 0 Å². The quantitative estimate of drug-likeness (QED) is 0.677. The Bertz CT molecular complexity index is 777. The number of benzene rings is 3. The first kappa shape index (κ1) is 14.1. The van der Waals surface area contributed by atoms with Gasteiger partial charge in [0.05, 0.1) is 0 Å². The lowest BCUT2D eigenvalue weighted by molar-refractivity contribution is 0.0667. The molecule has 3 aromatic rings. The van der Waals surface area contributed by atoms with Gasteiger partial charge in [-0.3, -0.25) is 0 Å². The fraction of sp³-hybridized carbons (Fsp3) is 0.0500. The molecule has 3 aromatic carbocycles. The highest BCUT2D eigenvalue weighted by Crippen LogP contribution is 2.49. The molecule has 0 spiro atoms. The van der Waals surface area contributed by atoms with Gasteiger partial charge in [-0.25, -0.2) is 0 Å². The molecule has 0 unspecified atom stereocenters. The second kappa shape index (κ2) is 5.94. The predicted octanol–water partition coefficient (Wildman–Crippen LogP) is 5.01. The van der Waals surface area contributed by atoms with Crippen LogP contribution in [0.3, 0.4) is 0 Å². The molecule has 0 saturated heterocycles. The summed E-state index contributed by atoms with van der Waals surface area (Å²) in [5.41, 5.74) is 3.25. The van der Waals surface area contributed by atoms with E-state index in [1.807, 2.05) is 54.6 Å². The van der Waals surface area contributed by atoms with E-state index in [0.29, 0.717) is 0 Å². The third-order valence-electron chi connectivity index (χ3n) is 3.83. The number of hydrogen-bond donors (Lipinski definition) is 0. The van der Waals surface area contributed by atoms with Gasteiger partial charge in [-0.2, -0.15) is 0 Å². The molecule has 1 aliphatic rings. The molecule has 1 heterocycles. The van der Waals surface area contributed by atoms with Crippen LogP contribution in [0, 0.1) is 0 Å². The van der Waals surface area contributed by atoms with E-state index in [1.165, 1.54) is 0 Å². The molecule has 0 saturated carbocycles. The molecular formula is C20H15NOS. The van der Waals surface area contributed by atoms with Gasteiger partial charge in [0.15, 0.2) is 0 Å². The van der Waals surface area contributed by atoms with Crippen molar-refractivity contribution >= 4 is 16.8 Å². The molecule has 1 aliphatic heterocycles. The maximum Gasteiger partial charge on any atom is 0.239 e. The zero-order chi connectivity index (χ0) is 15.5. The van der Waals surface area contributed by atoms with Crippen molar-refractivity contribution in [2.45, 2.75) is 4.93 Å². The third kappa shape index (κ3) is 2.53. The maximum absolute atomic E-state index is 6.03. The number of thioether (sulfide) groups is 1. The average Bonchev–Trinajstić information content (AvgIpc) is 3.11. The van der Waals surface area contributed by atoms with Crippen molar-refractivity contribution in [3.63, 3.8) is 0 Å². The molecule has 112 valence electrons. The Labute approximate surface area is 139 Å². The van der Waals surface area contributed by atoms with Crippen LogP contribution in [0.25, 0.3) is 0 Å². The van der Waals surface area contributed by atoms with E-state index < -0.39 is 4.93 Å². The van der Waals surface area contributed by atoms with E-state index in [-0.39, 0.29) is 0 Å². The summed E-state index contributed by atoms with van der Waals surface area (Å²) in [6.07, 6.45) is 0. The summed E-state index contributed by atoms with van der Waals surface area (Å²) in [6.45, 7) is 0. The van der Waals surface area contributed by atoms with Gasteiger partial charge < -0.3 is 4.84 Å². The first-order valence-electron chi connectivity index (χ1n) is 7.50. The van der Waals surface area contributed by atoms with Crippen molar-refractivity contribution in [2.75, 3.05) is 0 Å². The molecule has 2 nitrogen and oxygen atoms in total. The van der Waals surface area contributed by atoms with E-state index in [4.69, 9.17) is 4.84 Å². The molecule has 0 N–H and O–H groups in total. The van der Waals surface area contributed by atoms with E-state index in [1.54, 1.807) is 11.8 Å². The van der Waals surface area contributed by atoms with Gasteiger partial charge in [0, 0.05) is 16.7 Å². The lowest BCUT2D eigenvalue weighted by Gasteiger charge is -2.26. The SMILES string of the molecule is c1ccc(C2=NOC(c3ccccc3)(c3ccccc3)S2)cc1. The lowest BCUT2D eigenvalue weighted by Crippen LogP contribution is -2.23. The van der Waals surface area contributed by atoms with Crippen LogP contribution in [0.4, 0.5) is 0 Å². The summed E-state index contributed by atoms with van der Waals surface area (Å²) in [5, 5.41) is 5.29. The number of oxime groups is 1. The maximum atomic E-state index is 6.03. The Morgan fingerprint density at radius 3 is 1.65 bits per heavy atom. The van der Waals surface area contributed by atoms with Gasteiger partial charge in [0.25, 0.3) is 0 Å². The van der Waals surface area contributed by atoms with Gasteiger partial charge >= 0.3 is 0 Å². The smallest absolute Gasteiger partial charge is 0.239 e. The van der Waals surface area contributed by atoms with Crippen LogP contribution >= 0.6 is 11.8 Å². The first-order valence-corrected chi connectivity index (χ1v) is 8.32. The van der Waals surface area contributed by atoms with Crippen molar-refractivity contribution in [2.24, 2.45) is 5.16 Å². The first-order chi connectivity index (χ1) is 11.4. The van der Waals surface area contributed by atoms with Crippen LogP contribution in [0.2, 0.25) is 0 Å². The zero-order valence-corrected chi connectivity index (χ0v) is 13.2. The molecule has 0 aromatic heterocycles. The largest absolute Gasteiger partial charge is 0.367 e. The van der Waals surface area contributed by atoms with E-state index >= 15 is 0 Å². The summed E-state index contributed by atoms with van der Waals surface area (Å²) in [5.74, 6) is 0. The van der Waals surface area contributed by atoms with Crippen molar-refractivity contribution in [1.29, 1.82) is 0 Å². The predicted molar refractivity (Wildman–Crippen MR) is 95.3 cm³/mol. The Balaban J connectivity index is 1.78. The Hall–Kier alpha value is -2.52. The van der Waals surface area contributed by atoms with Gasteiger partial charge in [-0.05, 0) is 11.8 Å². The van der Waals surface area contributed by atoms with Crippen molar-refractivity contribution in [1.82, 2.24) is 0 Å². The lowest BCUT2D eigenvalue weighted by atomic mass is 10.0. The van der Waals surface area contributed by atoms with E-state index in [2.05, 4.69) is 41.6 Å². The standard InChI is InChI=1S/C20H15NOS/c1-4-10-16(11-5-1)19-21-22-20(23-19,17-12-6-2-7-13-17)18-14-8-3-9-15-18/h1-15H. The normalized spacial score (nSPS) is 15.7. The topological polar surface area (TPSA) is 21.6 Å². The molecule has 0 amide bonds. The molecule has 0 fully saturated rings. The third-order valence-corrected chi connectivity index (χ3v) is 5.16. The number of rotatable bonds is 3. The van der Waals surface area contributed by atoms with Gasteiger partial charge in [0.1, 0.15) is 5.04 Å². The van der Waals surface area contributed by atoms with Crippen LogP contribution < -0.4 is 0 Å². The minimum absolute atomic E-state index is 0.631. The summed E-state index contributed by atoms with van der Waals surface area (Å²) < 4.78 is 0. The highest BCUT2D eigenvalue weighted by atomic mass is 32.2.